The van der Waals surface area contributed by atoms with Crippen LogP contribution >= 0.6 is 0 Å². The molecule has 41 heavy (non-hydrogen) atoms. The fourth-order valence-corrected chi connectivity index (χ4v) is 5.07. The number of amides is 1. The number of benzene rings is 3. The number of ether oxygens (including phenoxy) is 3. The maximum Gasteiger partial charge on any atom is 0.573 e. The van der Waals surface area contributed by atoms with E-state index in [1.54, 1.807) is 0 Å². The molecule has 1 aliphatic rings. The van der Waals surface area contributed by atoms with Gasteiger partial charge >= 0.3 is 6.36 Å². The molecular weight excluding hydrogens is 572 g/mol. The van der Waals surface area contributed by atoms with Crippen LogP contribution in [0.1, 0.15) is 17.2 Å². The minimum Gasteiger partial charge on any atom is -0.497 e. The van der Waals surface area contributed by atoms with Gasteiger partial charge in [0, 0.05) is 42.3 Å². The molecule has 1 unspecified atom stereocenters. The van der Waals surface area contributed by atoms with E-state index in [0.717, 1.165) is 30.5 Å². The molecule has 1 heterocycles. The summed E-state index contributed by atoms with van der Waals surface area (Å²) >= 11 is 0. The molecule has 9 nitrogen and oxygen atoms in total. The lowest BCUT2D eigenvalue weighted by Gasteiger charge is -2.28. The molecule has 0 aromatic heterocycles. The average molecular weight is 599 g/mol. The van der Waals surface area contributed by atoms with Gasteiger partial charge in [-0.3, -0.25) is 4.79 Å². The number of anilines is 2. The monoisotopic (exact) mass is 598 g/mol. The smallest absolute Gasteiger partial charge is 0.497 e. The molecule has 0 spiro atoms. The van der Waals surface area contributed by atoms with E-state index >= 15 is 0 Å². The average Bonchev–Trinajstić information content (AvgIpc) is 3.32. The van der Waals surface area contributed by atoms with Gasteiger partial charge in [-0.05, 0) is 42.3 Å². The summed E-state index contributed by atoms with van der Waals surface area (Å²) in [5, 5.41) is 12.2. The zero-order valence-electron chi connectivity index (χ0n) is 21.9. The van der Waals surface area contributed by atoms with Crippen LogP contribution in [-0.2, 0) is 21.1 Å². The number of nitrogens with one attached hydrogen (secondary N) is 1. The van der Waals surface area contributed by atoms with Crippen LogP contribution in [-0.4, -0.2) is 58.9 Å². The second-order valence-corrected chi connectivity index (χ2v) is 11.1. The third-order valence-corrected chi connectivity index (χ3v) is 7.28. The Morgan fingerprint density at radius 1 is 1.10 bits per heavy atom. The largest absolute Gasteiger partial charge is 0.573 e. The number of hydrogen-bond donors (Lipinski definition) is 2. The molecule has 1 amide bonds. The normalized spacial score (nSPS) is 13.9. The highest BCUT2D eigenvalue weighted by atomic mass is 32.2. The SMILES string of the molecule is COc1cc(NC(C(=O)N2CCc3ccc(OC(F)(F)F)cc32)c2ccc(F)cc2OCCO)cc(S(C)(=O)=O)c1. The van der Waals surface area contributed by atoms with Crippen molar-refractivity contribution in [2.45, 2.75) is 23.7 Å². The molecule has 0 aliphatic carbocycles. The molecule has 14 heteroatoms. The van der Waals surface area contributed by atoms with Gasteiger partial charge in [-0.15, -0.1) is 13.2 Å². The van der Waals surface area contributed by atoms with E-state index in [1.807, 2.05) is 0 Å². The van der Waals surface area contributed by atoms with Crippen molar-refractivity contribution < 1.29 is 50.1 Å². The van der Waals surface area contributed by atoms with Crippen LogP contribution in [0.15, 0.2) is 59.5 Å². The van der Waals surface area contributed by atoms with Crippen LogP contribution in [0.3, 0.4) is 0 Å². The zero-order valence-corrected chi connectivity index (χ0v) is 22.7. The summed E-state index contributed by atoms with van der Waals surface area (Å²) in [5.74, 6) is -1.77. The van der Waals surface area contributed by atoms with E-state index in [0.29, 0.717) is 12.0 Å². The fourth-order valence-electron chi connectivity index (χ4n) is 4.39. The molecule has 0 radical (unpaired) electrons. The van der Waals surface area contributed by atoms with Crippen LogP contribution in [0.2, 0.25) is 0 Å². The first-order valence-corrected chi connectivity index (χ1v) is 14.1. The van der Waals surface area contributed by atoms with Gasteiger partial charge in [0.2, 0.25) is 0 Å². The number of methoxy groups -OCH3 is 1. The number of fused-ring (bicyclic) bond motifs is 1. The van der Waals surface area contributed by atoms with Crippen molar-refractivity contribution in [1.82, 2.24) is 0 Å². The lowest BCUT2D eigenvalue weighted by molar-refractivity contribution is -0.274. The third kappa shape index (κ3) is 7.19. The second kappa shape index (κ2) is 11.8. The highest BCUT2D eigenvalue weighted by Crippen LogP contribution is 2.38. The van der Waals surface area contributed by atoms with Crippen molar-refractivity contribution in [2.24, 2.45) is 0 Å². The van der Waals surface area contributed by atoms with E-state index in [1.165, 1.54) is 42.3 Å². The molecule has 0 bridgehead atoms. The lowest BCUT2D eigenvalue weighted by atomic mass is 10.0. The highest BCUT2D eigenvalue weighted by molar-refractivity contribution is 7.90. The molecule has 220 valence electrons. The number of aliphatic hydroxyl groups is 1. The summed E-state index contributed by atoms with van der Waals surface area (Å²) in [7, 11) is -2.37. The van der Waals surface area contributed by atoms with Crippen LogP contribution < -0.4 is 24.4 Å². The van der Waals surface area contributed by atoms with Gasteiger partial charge in [-0.2, -0.15) is 0 Å². The Morgan fingerprint density at radius 3 is 2.51 bits per heavy atom. The highest BCUT2D eigenvalue weighted by Gasteiger charge is 2.35. The Labute approximate surface area is 233 Å². The van der Waals surface area contributed by atoms with Crippen molar-refractivity contribution in [2.75, 3.05) is 43.3 Å². The summed E-state index contributed by atoms with van der Waals surface area (Å²) in [6.07, 6.45) is -3.60. The summed E-state index contributed by atoms with van der Waals surface area (Å²) < 4.78 is 92.1. The zero-order chi connectivity index (χ0) is 29.9. The molecule has 3 aromatic rings. The van der Waals surface area contributed by atoms with Gasteiger partial charge in [0.25, 0.3) is 5.91 Å². The number of rotatable bonds is 10. The standard InChI is InChI=1S/C27H26F4N2O7S/c1-38-20-12-18(13-21(14-20)41(2,36)37)32-25(22-6-4-17(28)11-24(22)39-10-9-34)26(35)33-8-7-16-3-5-19(15-23(16)33)40-27(29,30)31/h3-6,11-15,25,32,34H,7-10H2,1-2H3. The Hall–Kier alpha value is -4.04. The quantitative estimate of drug-likeness (QED) is 0.333. The molecule has 0 fully saturated rings. The van der Waals surface area contributed by atoms with Crippen LogP contribution in [0.4, 0.5) is 28.9 Å². The van der Waals surface area contributed by atoms with Crippen LogP contribution in [0.5, 0.6) is 17.2 Å². The van der Waals surface area contributed by atoms with E-state index in [4.69, 9.17) is 9.47 Å². The van der Waals surface area contributed by atoms with Gasteiger partial charge in [0.1, 0.15) is 35.7 Å². The van der Waals surface area contributed by atoms with Crippen molar-refractivity contribution >= 4 is 27.1 Å². The van der Waals surface area contributed by atoms with Crippen molar-refractivity contribution in [3.8, 4) is 17.2 Å². The Kier molecular flexibility index (Phi) is 8.63. The van der Waals surface area contributed by atoms with Crippen LogP contribution in [0.25, 0.3) is 0 Å². The number of carbonyl (C=O) groups excluding carboxylic acids is 1. The topological polar surface area (TPSA) is 114 Å². The molecule has 2 N–H and O–H groups in total. The van der Waals surface area contributed by atoms with E-state index in [9.17, 15) is 35.9 Å². The maximum atomic E-state index is 14.2. The Balaban J connectivity index is 1.81. The van der Waals surface area contributed by atoms with Gasteiger partial charge in [-0.25, -0.2) is 12.8 Å². The summed E-state index contributed by atoms with van der Waals surface area (Å²) in [5.41, 5.74) is 1.06. The molecule has 1 aliphatic heterocycles. The molecule has 1 atom stereocenters. The van der Waals surface area contributed by atoms with Crippen molar-refractivity contribution in [3.63, 3.8) is 0 Å². The van der Waals surface area contributed by atoms with Gasteiger partial charge in [0.15, 0.2) is 9.84 Å². The summed E-state index contributed by atoms with van der Waals surface area (Å²) in [6.45, 7) is -0.515. The predicted octanol–water partition coefficient (Wildman–Crippen LogP) is 4.25. The predicted molar refractivity (Wildman–Crippen MR) is 141 cm³/mol. The molecule has 4 rings (SSSR count). The number of sulfone groups is 1. The Morgan fingerprint density at radius 2 is 1.85 bits per heavy atom. The first-order chi connectivity index (χ1) is 19.3. The summed E-state index contributed by atoms with van der Waals surface area (Å²) in [6, 6.07) is 9.76. The minimum atomic E-state index is -4.94. The third-order valence-electron chi connectivity index (χ3n) is 6.19. The van der Waals surface area contributed by atoms with Crippen molar-refractivity contribution in [1.29, 1.82) is 0 Å². The first-order valence-electron chi connectivity index (χ1n) is 12.2. The number of alkyl halides is 3. The Bertz CT molecular complexity index is 1550. The number of hydrogen-bond acceptors (Lipinski definition) is 8. The fraction of sp³-hybridized carbons (Fsp3) is 0.296. The van der Waals surface area contributed by atoms with Gasteiger partial charge in [-0.1, -0.05) is 6.07 Å². The van der Waals surface area contributed by atoms with Crippen molar-refractivity contribution in [3.05, 3.63) is 71.5 Å². The molecule has 0 saturated carbocycles. The first kappa shape index (κ1) is 29.9. The number of nitrogens with zero attached hydrogens (tertiary/aromatic N) is 1. The maximum absolute atomic E-state index is 14.2. The second-order valence-electron chi connectivity index (χ2n) is 9.08. The van der Waals surface area contributed by atoms with Gasteiger partial charge in [0.05, 0.1) is 24.3 Å². The molecular formula is C27H26F4N2O7S. The lowest BCUT2D eigenvalue weighted by Crippen LogP contribution is -2.37. The number of halogens is 4. The van der Waals surface area contributed by atoms with Gasteiger partial charge < -0.3 is 29.5 Å². The number of carbonyl (C=O) groups is 1. The van der Waals surface area contributed by atoms with Crippen LogP contribution in [0, 0.1) is 5.82 Å². The van der Waals surface area contributed by atoms with E-state index in [2.05, 4.69) is 10.1 Å². The van der Waals surface area contributed by atoms with E-state index < -0.39 is 46.3 Å². The molecule has 0 saturated heterocycles. The minimum absolute atomic E-state index is 0.0790. The molecule has 3 aromatic carbocycles. The summed E-state index contributed by atoms with van der Waals surface area (Å²) in [4.78, 5) is 15.3. The number of aliphatic hydroxyl groups excluding tert-OH is 1. The van der Waals surface area contributed by atoms with E-state index in [-0.39, 0.29) is 46.5 Å².